The third-order valence-electron chi connectivity index (χ3n) is 3.79. The van der Waals surface area contributed by atoms with Crippen LogP contribution in [-0.4, -0.2) is 59.8 Å². The van der Waals surface area contributed by atoms with E-state index in [4.69, 9.17) is 14.9 Å². The summed E-state index contributed by atoms with van der Waals surface area (Å²) in [4.78, 5) is 23.3. The number of hydrogen-bond acceptors (Lipinski definition) is 7. The van der Waals surface area contributed by atoms with Crippen LogP contribution in [0.1, 0.15) is 62.3 Å². The number of aromatic carboxylic acids is 1. The average Bonchev–Trinajstić information content (AvgIpc) is 2.79. The van der Waals surface area contributed by atoms with Crippen LogP contribution >= 0.6 is 0 Å². The summed E-state index contributed by atoms with van der Waals surface area (Å²) in [6, 6.07) is 12.8. The van der Waals surface area contributed by atoms with E-state index >= 15 is 0 Å². The van der Waals surface area contributed by atoms with Crippen molar-refractivity contribution >= 4 is 33.5 Å². The molecule has 0 aliphatic rings. The second kappa shape index (κ2) is 20.8. The quantitative estimate of drug-likeness (QED) is 0.393. The first-order chi connectivity index (χ1) is 15.5. The largest absolute Gasteiger partial charge is 1.00 e. The third kappa shape index (κ3) is 14.7. The van der Waals surface area contributed by atoms with Crippen molar-refractivity contribution in [1.82, 2.24) is 0 Å². The fourth-order valence-corrected chi connectivity index (χ4v) is 4.11. The number of carbonyl (C=O) groups is 2. The van der Waals surface area contributed by atoms with Crippen LogP contribution in [0.25, 0.3) is 0 Å². The van der Waals surface area contributed by atoms with E-state index in [1.54, 1.807) is 50.2 Å². The minimum Gasteiger partial charge on any atom is -0.870 e. The Morgan fingerprint density at radius 1 is 0.800 bits per heavy atom. The second-order valence-electron chi connectivity index (χ2n) is 7.08. The summed E-state index contributed by atoms with van der Waals surface area (Å²) in [5, 5.41) is 16.3. The average molecular weight is 539 g/mol. The number of aliphatic hydroxyl groups is 1. The molecule has 0 fully saturated rings. The molecule has 3 N–H and O–H groups in total. The number of esters is 1. The molecule has 0 aromatic heterocycles. The minimum atomic E-state index is -1.05. The number of rotatable bonds is 7. The molecule has 0 radical (unpaired) electrons. The van der Waals surface area contributed by atoms with Crippen LogP contribution in [0.4, 0.5) is 0 Å². The van der Waals surface area contributed by atoms with Crippen molar-refractivity contribution in [2.75, 3.05) is 13.2 Å². The first-order valence-electron chi connectivity index (χ1n) is 10.5. The zero-order chi connectivity index (χ0) is 25.6. The van der Waals surface area contributed by atoms with Crippen LogP contribution in [0, 0.1) is 0 Å². The minimum absolute atomic E-state index is 0. The number of aliphatic hydroxyl groups excluding tert-OH is 1. The first kappa shape index (κ1) is 38.1. The maximum Gasteiger partial charge on any atom is 1.00 e. The smallest absolute Gasteiger partial charge is 0.870 e. The number of carboxylic acid groups (broad SMARTS) is 1. The first-order valence-corrected chi connectivity index (χ1v) is 12.9. The molecule has 2 aromatic carbocycles. The van der Waals surface area contributed by atoms with Gasteiger partial charge in [0.1, 0.15) is 0 Å². The van der Waals surface area contributed by atoms with E-state index in [0.717, 1.165) is 4.90 Å². The number of benzene rings is 2. The van der Waals surface area contributed by atoms with E-state index in [-0.39, 0.29) is 63.7 Å². The van der Waals surface area contributed by atoms with Crippen LogP contribution < -0.4 is 29.6 Å². The Balaban J connectivity index is -0.000000503. The predicted molar refractivity (Wildman–Crippen MR) is 134 cm³/mol. The summed E-state index contributed by atoms with van der Waals surface area (Å²) in [7, 11) is -2.06. The van der Waals surface area contributed by atoms with Gasteiger partial charge >= 0.3 is 41.5 Å². The van der Waals surface area contributed by atoms with Crippen LogP contribution in [0.15, 0.2) is 58.3 Å². The van der Waals surface area contributed by atoms with Crippen molar-refractivity contribution in [2.45, 2.75) is 61.8 Å². The standard InChI is InChI=1S/C12H16O3S.C10H12O3S.C2H6O.Na.H2O/c1-4-15-12(13)10-5-7-11(8-6-10)16(14)9(2)3;1-7(2)14(13)9-5-3-8(4-6-9)10(11)12;1-2-3;;/h5-9H,4H2,1-3H3;3-7H,1-2H3,(H,11,12);3H,2H2,1H3;;1H2/q;;;+1;/p-1. The van der Waals surface area contributed by atoms with E-state index in [1.807, 2.05) is 27.7 Å². The molecule has 0 amide bonds. The van der Waals surface area contributed by atoms with Crippen molar-refractivity contribution in [2.24, 2.45) is 0 Å². The second-order valence-corrected chi connectivity index (χ2v) is 11.1. The Morgan fingerprint density at radius 3 is 1.37 bits per heavy atom. The maximum atomic E-state index is 11.7. The van der Waals surface area contributed by atoms with Gasteiger partial charge in [0.15, 0.2) is 0 Å². The molecule has 8 nitrogen and oxygen atoms in total. The molecule has 0 bridgehead atoms. The molecular formula is C24H35NaO8S2. The molecule has 0 saturated heterocycles. The van der Waals surface area contributed by atoms with E-state index in [0.29, 0.717) is 17.1 Å². The fraction of sp³-hybridized carbons (Fsp3) is 0.417. The molecule has 0 aliphatic heterocycles. The van der Waals surface area contributed by atoms with E-state index in [1.165, 1.54) is 12.1 Å². The predicted octanol–water partition coefficient (Wildman–Crippen LogP) is 1.11. The Bertz CT molecular complexity index is 914. The molecule has 192 valence electrons. The third-order valence-corrected chi connectivity index (χ3v) is 6.97. The topological polar surface area (TPSA) is 148 Å². The number of carboxylic acids is 1. The summed E-state index contributed by atoms with van der Waals surface area (Å²) in [5.41, 5.74) is 0.709. The monoisotopic (exact) mass is 538 g/mol. The summed E-state index contributed by atoms with van der Waals surface area (Å²) in [6.07, 6.45) is 0. The van der Waals surface area contributed by atoms with Gasteiger partial charge in [-0.15, -0.1) is 0 Å². The van der Waals surface area contributed by atoms with Gasteiger partial charge in [0.25, 0.3) is 0 Å². The Morgan fingerprint density at radius 2 is 1.11 bits per heavy atom. The molecule has 2 unspecified atom stereocenters. The van der Waals surface area contributed by atoms with Gasteiger partial charge < -0.3 is 20.4 Å². The zero-order valence-electron chi connectivity index (χ0n) is 21.4. The Kier molecular flexibility index (Phi) is 22.6. The van der Waals surface area contributed by atoms with Gasteiger partial charge in [-0.05, 0) is 62.4 Å². The summed E-state index contributed by atoms with van der Waals surface area (Å²) < 4.78 is 28.2. The number of ether oxygens (including phenoxy) is 1. The zero-order valence-corrected chi connectivity index (χ0v) is 25.0. The SMILES string of the molecule is CC(C)S(=O)c1ccc(C(=O)O)cc1.CCO.CCOC(=O)c1ccc(S(=O)C(C)C)cc1.[Na+].[OH-]. The molecule has 2 rings (SSSR count). The molecular weight excluding hydrogens is 503 g/mol. The van der Waals surface area contributed by atoms with Gasteiger partial charge in [-0.1, -0.05) is 27.7 Å². The summed E-state index contributed by atoms with van der Waals surface area (Å²) >= 11 is 0. The Labute approximate surface area is 235 Å². The molecule has 2 aromatic rings. The molecule has 0 saturated carbocycles. The van der Waals surface area contributed by atoms with Gasteiger partial charge in [0, 0.05) is 26.9 Å². The van der Waals surface area contributed by atoms with Crippen LogP contribution in [0.3, 0.4) is 0 Å². The maximum absolute atomic E-state index is 11.7. The van der Waals surface area contributed by atoms with Crippen LogP contribution in [0.2, 0.25) is 0 Å². The van der Waals surface area contributed by atoms with Gasteiger partial charge in [-0.3, -0.25) is 8.42 Å². The summed E-state index contributed by atoms with van der Waals surface area (Å²) in [5.74, 6) is -1.31. The van der Waals surface area contributed by atoms with Crippen molar-refractivity contribution < 1.29 is 68.0 Å². The molecule has 0 spiro atoms. The van der Waals surface area contributed by atoms with Crippen molar-refractivity contribution in [3.63, 3.8) is 0 Å². The van der Waals surface area contributed by atoms with E-state index in [9.17, 15) is 18.0 Å². The normalized spacial score (nSPS) is 11.3. The van der Waals surface area contributed by atoms with Gasteiger partial charge in [0.05, 0.1) is 39.3 Å². The molecule has 2 atom stereocenters. The molecule has 0 heterocycles. The number of hydrogen-bond donors (Lipinski definition) is 2. The molecule has 35 heavy (non-hydrogen) atoms. The van der Waals surface area contributed by atoms with Crippen molar-refractivity contribution in [3.05, 3.63) is 59.7 Å². The fourth-order valence-electron chi connectivity index (χ4n) is 2.22. The van der Waals surface area contributed by atoms with Gasteiger partial charge in [0.2, 0.25) is 0 Å². The molecule has 11 heteroatoms. The summed E-state index contributed by atoms with van der Waals surface area (Å²) in [6.45, 7) is 11.6. The van der Waals surface area contributed by atoms with Gasteiger partial charge in [-0.25, -0.2) is 9.59 Å². The van der Waals surface area contributed by atoms with Crippen LogP contribution in [0.5, 0.6) is 0 Å². The Hall–Kier alpha value is -1.40. The molecule has 0 aliphatic carbocycles. The van der Waals surface area contributed by atoms with E-state index in [2.05, 4.69) is 0 Å². The number of carbonyl (C=O) groups excluding carboxylic acids is 1. The van der Waals surface area contributed by atoms with E-state index < -0.39 is 27.6 Å². The van der Waals surface area contributed by atoms with Crippen LogP contribution in [-0.2, 0) is 26.3 Å². The van der Waals surface area contributed by atoms with Crippen molar-refractivity contribution in [1.29, 1.82) is 0 Å². The van der Waals surface area contributed by atoms with Gasteiger partial charge in [-0.2, -0.15) is 0 Å². The van der Waals surface area contributed by atoms with Crippen molar-refractivity contribution in [3.8, 4) is 0 Å².